The van der Waals surface area contributed by atoms with Crippen molar-refractivity contribution in [2.75, 3.05) is 0 Å². The molecule has 0 saturated carbocycles. The minimum atomic E-state index is -0.269. The van der Waals surface area contributed by atoms with E-state index in [9.17, 15) is 4.39 Å². The highest BCUT2D eigenvalue weighted by Crippen LogP contribution is 2.21. The molecule has 1 aromatic rings. The van der Waals surface area contributed by atoms with Crippen molar-refractivity contribution in [3.05, 3.63) is 33.5 Å². The first kappa shape index (κ1) is 9.64. The zero-order valence-corrected chi connectivity index (χ0v) is 8.19. The van der Waals surface area contributed by atoms with Crippen molar-refractivity contribution in [1.29, 1.82) is 0 Å². The average Bonchev–Trinajstić information content (AvgIpc) is 2.07. The number of rotatable bonds is 2. The Hall–Kier alpha value is -0.450. The van der Waals surface area contributed by atoms with E-state index >= 15 is 0 Å². The van der Waals surface area contributed by atoms with Gasteiger partial charge in [0.2, 0.25) is 0 Å². The molecule has 0 bridgehead atoms. The standard InChI is InChI=1S/C8H9BrFNO/c1-5-7(9)3-2-6(4-12-11)8(5)10/h2-3H,4,11H2,1H3. The molecule has 2 nitrogen and oxygen atoms in total. The van der Waals surface area contributed by atoms with E-state index in [2.05, 4.69) is 20.8 Å². The fourth-order valence-electron chi connectivity index (χ4n) is 0.919. The number of nitrogens with two attached hydrogens (primary N) is 1. The third kappa shape index (κ3) is 1.83. The van der Waals surface area contributed by atoms with E-state index in [0.717, 1.165) is 4.47 Å². The van der Waals surface area contributed by atoms with Crippen LogP contribution < -0.4 is 5.90 Å². The van der Waals surface area contributed by atoms with E-state index in [1.54, 1.807) is 19.1 Å². The van der Waals surface area contributed by atoms with Crippen LogP contribution in [0.4, 0.5) is 4.39 Å². The number of hydrogen-bond donors (Lipinski definition) is 1. The number of benzene rings is 1. The molecule has 0 aromatic heterocycles. The van der Waals surface area contributed by atoms with E-state index in [-0.39, 0.29) is 12.4 Å². The van der Waals surface area contributed by atoms with Crippen molar-refractivity contribution >= 4 is 15.9 Å². The molecule has 1 aromatic carbocycles. The van der Waals surface area contributed by atoms with Gasteiger partial charge in [0.1, 0.15) is 5.82 Å². The normalized spacial score (nSPS) is 10.3. The molecule has 0 aliphatic heterocycles. The quantitative estimate of drug-likeness (QED) is 0.796. The van der Waals surface area contributed by atoms with Crippen molar-refractivity contribution in [2.24, 2.45) is 5.90 Å². The SMILES string of the molecule is Cc1c(Br)ccc(CON)c1F. The third-order valence-electron chi connectivity index (χ3n) is 1.64. The van der Waals surface area contributed by atoms with Gasteiger partial charge in [-0.15, -0.1) is 0 Å². The Balaban J connectivity index is 3.08. The minimum Gasteiger partial charge on any atom is -0.300 e. The van der Waals surface area contributed by atoms with Crippen LogP contribution in [-0.2, 0) is 11.4 Å². The van der Waals surface area contributed by atoms with Crippen LogP contribution in [0, 0.1) is 12.7 Å². The zero-order chi connectivity index (χ0) is 9.14. The summed E-state index contributed by atoms with van der Waals surface area (Å²) < 4.78 is 14.0. The van der Waals surface area contributed by atoms with Gasteiger partial charge in [-0.2, -0.15) is 0 Å². The Kier molecular flexibility index (Phi) is 3.20. The lowest BCUT2D eigenvalue weighted by atomic mass is 10.1. The molecule has 4 heteroatoms. The van der Waals surface area contributed by atoms with Crippen LogP contribution in [0.1, 0.15) is 11.1 Å². The van der Waals surface area contributed by atoms with Crippen LogP contribution >= 0.6 is 15.9 Å². The summed E-state index contributed by atoms with van der Waals surface area (Å²) in [6, 6.07) is 3.41. The predicted octanol–water partition coefficient (Wildman–Crippen LogP) is 2.29. The van der Waals surface area contributed by atoms with Crippen LogP contribution in [0.25, 0.3) is 0 Å². The van der Waals surface area contributed by atoms with Gasteiger partial charge in [0.05, 0.1) is 6.61 Å². The summed E-state index contributed by atoms with van der Waals surface area (Å²) >= 11 is 3.22. The van der Waals surface area contributed by atoms with E-state index < -0.39 is 0 Å². The Bertz CT molecular complexity index is 291. The molecule has 12 heavy (non-hydrogen) atoms. The Labute approximate surface area is 78.6 Å². The second-order valence-corrected chi connectivity index (χ2v) is 3.31. The topological polar surface area (TPSA) is 35.2 Å². The molecule has 66 valence electrons. The van der Waals surface area contributed by atoms with Crippen molar-refractivity contribution in [1.82, 2.24) is 0 Å². The van der Waals surface area contributed by atoms with E-state index in [1.807, 2.05) is 0 Å². The lowest BCUT2D eigenvalue weighted by Crippen LogP contribution is -2.02. The largest absolute Gasteiger partial charge is 0.300 e. The average molecular weight is 234 g/mol. The highest BCUT2D eigenvalue weighted by Gasteiger charge is 2.07. The summed E-state index contributed by atoms with van der Waals surface area (Å²) in [7, 11) is 0. The van der Waals surface area contributed by atoms with Gasteiger partial charge in [0, 0.05) is 10.0 Å². The number of hydrogen-bond acceptors (Lipinski definition) is 2. The Morgan fingerprint density at radius 1 is 1.58 bits per heavy atom. The first-order chi connectivity index (χ1) is 5.66. The molecule has 1 rings (SSSR count). The fraction of sp³-hybridized carbons (Fsp3) is 0.250. The lowest BCUT2D eigenvalue weighted by molar-refractivity contribution is 0.121. The van der Waals surface area contributed by atoms with Crippen molar-refractivity contribution < 1.29 is 9.23 Å². The maximum atomic E-state index is 13.3. The smallest absolute Gasteiger partial charge is 0.132 e. The van der Waals surface area contributed by atoms with Gasteiger partial charge in [-0.1, -0.05) is 22.0 Å². The Morgan fingerprint density at radius 3 is 2.83 bits per heavy atom. The molecule has 0 fully saturated rings. The molecule has 0 amide bonds. The van der Waals surface area contributed by atoms with Crippen LogP contribution in [0.15, 0.2) is 16.6 Å². The summed E-state index contributed by atoms with van der Waals surface area (Å²) in [5, 5.41) is 0. The molecule has 0 aliphatic rings. The van der Waals surface area contributed by atoms with Crippen LogP contribution in [0.2, 0.25) is 0 Å². The van der Waals surface area contributed by atoms with Gasteiger partial charge in [-0.05, 0) is 18.6 Å². The first-order valence-electron chi connectivity index (χ1n) is 3.42. The highest BCUT2D eigenvalue weighted by molar-refractivity contribution is 9.10. The van der Waals surface area contributed by atoms with Gasteiger partial charge in [0.25, 0.3) is 0 Å². The second kappa shape index (κ2) is 3.98. The van der Waals surface area contributed by atoms with Gasteiger partial charge in [-0.3, -0.25) is 4.84 Å². The number of halogens is 2. The molecule has 0 spiro atoms. The van der Waals surface area contributed by atoms with Crippen LogP contribution in [-0.4, -0.2) is 0 Å². The van der Waals surface area contributed by atoms with Gasteiger partial charge in [-0.25, -0.2) is 10.3 Å². The van der Waals surface area contributed by atoms with Crippen LogP contribution in [0.5, 0.6) is 0 Å². The molecule has 0 heterocycles. The summed E-state index contributed by atoms with van der Waals surface area (Å²) in [5.74, 6) is 4.57. The monoisotopic (exact) mass is 233 g/mol. The summed E-state index contributed by atoms with van der Waals surface area (Å²) in [4.78, 5) is 4.35. The second-order valence-electron chi connectivity index (χ2n) is 2.46. The van der Waals surface area contributed by atoms with Crippen molar-refractivity contribution in [3.8, 4) is 0 Å². The van der Waals surface area contributed by atoms with Crippen molar-refractivity contribution in [3.63, 3.8) is 0 Å². The summed E-state index contributed by atoms with van der Waals surface area (Å²) in [5.41, 5.74) is 1.04. The molecule has 0 atom stereocenters. The Morgan fingerprint density at radius 2 is 2.25 bits per heavy atom. The van der Waals surface area contributed by atoms with Gasteiger partial charge >= 0.3 is 0 Å². The fourth-order valence-corrected chi connectivity index (χ4v) is 1.23. The maximum Gasteiger partial charge on any atom is 0.132 e. The van der Waals surface area contributed by atoms with Gasteiger partial charge < -0.3 is 0 Å². The molecule has 0 radical (unpaired) electrons. The molecular weight excluding hydrogens is 225 g/mol. The summed E-state index contributed by atoms with van der Waals surface area (Å²) in [6.45, 7) is 1.79. The first-order valence-corrected chi connectivity index (χ1v) is 4.21. The third-order valence-corrected chi connectivity index (χ3v) is 2.50. The summed E-state index contributed by atoms with van der Waals surface area (Å²) in [6.07, 6.45) is 0. The van der Waals surface area contributed by atoms with Gasteiger partial charge in [0.15, 0.2) is 0 Å². The van der Waals surface area contributed by atoms with E-state index in [4.69, 9.17) is 5.90 Å². The molecule has 2 N–H and O–H groups in total. The molecule has 0 aliphatic carbocycles. The van der Waals surface area contributed by atoms with Crippen LogP contribution in [0.3, 0.4) is 0 Å². The zero-order valence-electron chi connectivity index (χ0n) is 6.60. The molecular formula is C8H9BrFNO. The highest BCUT2D eigenvalue weighted by atomic mass is 79.9. The van der Waals surface area contributed by atoms with E-state index in [0.29, 0.717) is 11.1 Å². The molecule has 0 unspecified atom stereocenters. The lowest BCUT2D eigenvalue weighted by Gasteiger charge is -2.05. The van der Waals surface area contributed by atoms with Crippen molar-refractivity contribution in [2.45, 2.75) is 13.5 Å². The maximum absolute atomic E-state index is 13.3. The minimum absolute atomic E-state index is 0.0972. The molecule has 0 saturated heterocycles. The van der Waals surface area contributed by atoms with E-state index in [1.165, 1.54) is 0 Å². The predicted molar refractivity (Wildman–Crippen MR) is 47.8 cm³/mol.